The molecule has 2 N–H and O–H groups in total. The summed E-state index contributed by atoms with van der Waals surface area (Å²) in [5.74, 6) is 1.53. The van der Waals surface area contributed by atoms with Gasteiger partial charge in [-0.25, -0.2) is 4.68 Å². The van der Waals surface area contributed by atoms with Crippen LogP contribution in [0.25, 0.3) is 5.69 Å². The van der Waals surface area contributed by atoms with E-state index < -0.39 is 0 Å². The smallest absolute Gasteiger partial charge is 0.146 e. The van der Waals surface area contributed by atoms with E-state index >= 15 is 0 Å². The second-order valence-corrected chi connectivity index (χ2v) is 4.96. The molecule has 2 rings (SSSR count). The van der Waals surface area contributed by atoms with Gasteiger partial charge in [0.15, 0.2) is 0 Å². The Kier molecular flexibility index (Phi) is 4.00. The number of ether oxygens (including phenoxy) is 1. The van der Waals surface area contributed by atoms with Crippen LogP contribution >= 0.6 is 11.6 Å². The second-order valence-electron chi connectivity index (χ2n) is 4.58. The summed E-state index contributed by atoms with van der Waals surface area (Å²) in [5, 5.41) is 5.01. The summed E-state index contributed by atoms with van der Waals surface area (Å²) in [5.41, 5.74) is 7.69. The molecule has 0 unspecified atom stereocenters. The van der Waals surface area contributed by atoms with E-state index in [1.165, 1.54) is 0 Å². The summed E-state index contributed by atoms with van der Waals surface area (Å²) < 4.78 is 7.07. The van der Waals surface area contributed by atoms with Crippen molar-refractivity contribution >= 4 is 17.4 Å². The number of nitrogens with zero attached hydrogens (tertiary/aromatic N) is 2. The molecule has 1 heterocycles. The Morgan fingerprint density at radius 1 is 1.32 bits per heavy atom. The van der Waals surface area contributed by atoms with Crippen molar-refractivity contribution in [2.45, 2.75) is 26.7 Å². The fourth-order valence-electron chi connectivity index (χ4n) is 1.85. The lowest BCUT2D eigenvalue weighted by Gasteiger charge is -2.06. The maximum atomic E-state index is 6.21. The molecule has 0 radical (unpaired) electrons. The average molecular weight is 280 g/mol. The zero-order valence-corrected chi connectivity index (χ0v) is 12.1. The Balaban J connectivity index is 2.39. The molecular weight excluding hydrogens is 262 g/mol. The third-order valence-corrected chi connectivity index (χ3v) is 3.21. The lowest BCUT2D eigenvalue weighted by molar-refractivity contribution is 0.340. The van der Waals surface area contributed by atoms with Gasteiger partial charge in [-0.2, -0.15) is 5.10 Å². The van der Waals surface area contributed by atoms with Gasteiger partial charge in [-0.3, -0.25) is 0 Å². The fraction of sp³-hybridized carbons (Fsp3) is 0.357. The highest BCUT2D eigenvalue weighted by molar-refractivity contribution is 6.33. The molecule has 2 aromatic rings. The zero-order valence-electron chi connectivity index (χ0n) is 11.4. The van der Waals surface area contributed by atoms with E-state index in [0.717, 1.165) is 17.1 Å². The first-order valence-electron chi connectivity index (χ1n) is 6.31. The van der Waals surface area contributed by atoms with E-state index in [1.54, 1.807) is 4.68 Å². The number of nitrogens with two attached hydrogens (primary N) is 1. The van der Waals surface area contributed by atoms with Gasteiger partial charge in [0.05, 0.1) is 18.0 Å². The van der Waals surface area contributed by atoms with E-state index in [1.807, 2.05) is 45.0 Å². The van der Waals surface area contributed by atoms with Crippen LogP contribution in [0.1, 0.15) is 32.4 Å². The first kappa shape index (κ1) is 13.7. The van der Waals surface area contributed by atoms with Crippen LogP contribution in [0.15, 0.2) is 24.3 Å². The molecule has 0 aliphatic heterocycles. The van der Waals surface area contributed by atoms with E-state index in [4.69, 9.17) is 22.1 Å². The fourth-order valence-corrected chi connectivity index (χ4v) is 2.18. The van der Waals surface area contributed by atoms with Gasteiger partial charge >= 0.3 is 0 Å². The molecule has 102 valence electrons. The van der Waals surface area contributed by atoms with Gasteiger partial charge < -0.3 is 10.5 Å². The maximum absolute atomic E-state index is 6.21. The quantitative estimate of drug-likeness (QED) is 0.930. The number of aromatic nitrogens is 2. The number of hydrogen-bond donors (Lipinski definition) is 1. The summed E-state index contributed by atoms with van der Waals surface area (Å²) in [6, 6.07) is 7.61. The first-order chi connectivity index (χ1) is 9.04. The highest BCUT2D eigenvalue weighted by atomic mass is 35.5. The Hall–Kier alpha value is -1.68. The largest absolute Gasteiger partial charge is 0.494 e. The van der Waals surface area contributed by atoms with Crippen molar-refractivity contribution in [2.24, 2.45) is 0 Å². The summed E-state index contributed by atoms with van der Waals surface area (Å²) >= 11 is 6.21. The molecule has 19 heavy (non-hydrogen) atoms. The monoisotopic (exact) mass is 279 g/mol. The highest BCUT2D eigenvalue weighted by Gasteiger charge is 2.17. The van der Waals surface area contributed by atoms with Crippen molar-refractivity contribution in [3.63, 3.8) is 0 Å². The second kappa shape index (κ2) is 5.53. The Morgan fingerprint density at radius 2 is 1.95 bits per heavy atom. The lowest BCUT2D eigenvalue weighted by atomic mass is 10.1. The van der Waals surface area contributed by atoms with Crippen LogP contribution in [0, 0.1) is 0 Å². The molecule has 0 aliphatic carbocycles. The lowest BCUT2D eigenvalue weighted by Crippen LogP contribution is -2.02. The van der Waals surface area contributed by atoms with Gasteiger partial charge in [-0.05, 0) is 37.1 Å². The molecule has 4 nitrogen and oxygen atoms in total. The van der Waals surface area contributed by atoms with Crippen molar-refractivity contribution in [2.75, 3.05) is 12.3 Å². The van der Waals surface area contributed by atoms with Gasteiger partial charge in [0.2, 0.25) is 0 Å². The molecule has 0 amide bonds. The van der Waals surface area contributed by atoms with Crippen LogP contribution < -0.4 is 10.5 Å². The Labute approximate surface area is 118 Å². The molecule has 0 atom stereocenters. The van der Waals surface area contributed by atoms with Crippen molar-refractivity contribution in [3.05, 3.63) is 35.0 Å². The van der Waals surface area contributed by atoms with E-state index in [2.05, 4.69) is 5.10 Å². The minimum absolute atomic E-state index is 0.235. The minimum Gasteiger partial charge on any atom is -0.494 e. The molecule has 0 aliphatic rings. The van der Waals surface area contributed by atoms with Gasteiger partial charge in [-0.1, -0.05) is 25.4 Å². The standard InChI is InChI=1S/C14H18ClN3O/c1-4-19-11-7-5-10(6-8-11)18-14(16)12(15)13(17-18)9(2)3/h5-9H,4,16H2,1-3H3. The molecule has 1 aromatic heterocycles. The predicted molar refractivity (Wildman–Crippen MR) is 78.2 cm³/mol. The molecule has 0 saturated heterocycles. The zero-order chi connectivity index (χ0) is 14.0. The van der Waals surface area contributed by atoms with Crippen LogP contribution in [0.4, 0.5) is 5.82 Å². The first-order valence-corrected chi connectivity index (χ1v) is 6.69. The summed E-state index contributed by atoms with van der Waals surface area (Å²) in [7, 11) is 0. The van der Waals surface area contributed by atoms with Crippen molar-refractivity contribution in [1.82, 2.24) is 9.78 Å². The number of benzene rings is 1. The normalized spacial score (nSPS) is 11.0. The molecule has 5 heteroatoms. The maximum Gasteiger partial charge on any atom is 0.146 e. The van der Waals surface area contributed by atoms with Crippen LogP contribution in [0.3, 0.4) is 0 Å². The third kappa shape index (κ3) is 2.68. The minimum atomic E-state index is 0.235. The van der Waals surface area contributed by atoms with Crippen molar-refractivity contribution in [3.8, 4) is 11.4 Å². The molecule has 0 fully saturated rings. The van der Waals surface area contributed by atoms with Gasteiger partial charge in [0.25, 0.3) is 0 Å². The molecule has 0 bridgehead atoms. The molecular formula is C14H18ClN3O. The van der Waals surface area contributed by atoms with E-state index in [9.17, 15) is 0 Å². The molecule has 1 aromatic carbocycles. The molecule has 0 spiro atoms. The SMILES string of the molecule is CCOc1ccc(-n2nc(C(C)C)c(Cl)c2N)cc1. The van der Waals surface area contributed by atoms with E-state index in [0.29, 0.717) is 17.4 Å². The van der Waals surface area contributed by atoms with Crippen molar-refractivity contribution in [1.29, 1.82) is 0 Å². The van der Waals surface area contributed by atoms with E-state index in [-0.39, 0.29) is 5.92 Å². The van der Waals surface area contributed by atoms with Crippen molar-refractivity contribution < 1.29 is 4.74 Å². The summed E-state index contributed by atoms with van der Waals surface area (Å²) in [4.78, 5) is 0. The predicted octanol–water partition coefficient (Wildman–Crippen LogP) is 3.63. The topological polar surface area (TPSA) is 53.1 Å². The third-order valence-electron chi connectivity index (χ3n) is 2.82. The van der Waals surface area contributed by atoms with Gasteiger partial charge in [-0.15, -0.1) is 0 Å². The van der Waals surface area contributed by atoms with Crippen LogP contribution in [0.2, 0.25) is 5.02 Å². The Morgan fingerprint density at radius 3 is 2.42 bits per heavy atom. The van der Waals surface area contributed by atoms with Gasteiger partial charge in [0.1, 0.15) is 16.6 Å². The summed E-state index contributed by atoms with van der Waals surface area (Å²) in [6.45, 7) is 6.67. The van der Waals surface area contributed by atoms with Gasteiger partial charge in [0, 0.05) is 0 Å². The van der Waals surface area contributed by atoms with Crippen LogP contribution in [-0.4, -0.2) is 16.4 Å². The van der Waals surface area contributed by atoms with Crippen LogP contribution in [-0.2, 0) is 0 Å². The van der Waals surface area contributed by atoms with Crippen LogP contribution in [0.5, 0.6) is 5.75 Å². The molecule has 0 saturated carbocycles. The number of halogens is 1. The average Bonchev–Trinajstić information content (AvgIpc) is 2.68. The number of rotatable bonds is 4. The number of anilines is 1. The Bertz CT molecular complexity index is 561. The highest BCUT2D eigenvalue weighted by Crippen LogP contribution is 2.31. The number of nitrogen functional groups attached to an aromatic ring is 1. The summed E-state index contributed by atoms with van der Waals surface area (Å²) in [6.07, 6.45) is 0. The number of hydrogen-bond acceptors (Lipinski definition) is 3.